The molecule has 1 aromatic carbocycles. The molecule has 132 valence electrons. The second kappa shape index (κ2) is 7.82. The Kier molecular flexibility index (Phi) is 5.53. The Morgan fingerprint density at radius 2 is 2.12 bits per heavy atom. The highest BCUT2D eigenvalue weighted by Crippen LogP contribution is 2.27. The Bertz CT molecular complexity index is 846. The van der Waals surface area contributed by atoms with Gasteiger partial charge in [-0.05, 0) is 30.3 Å². The van der Waals surface area contributed by atoms with Crippen LogP contribution in [-0.2, 0) is 20.1 Å². The number of aromatic nitrogens is 2. The zero-order valence-electron chi connectivity index (χ0n) is 13.8. The average molecular weight is 364 g/mol. The van der Waals surface area contributed by atoms with Crippen molar-refractivity contribution in [1.82, 2.24) is 14.5 Å². The van der Waals surface area contributed by atoms with Crippen LogP contribution >= 0.6 is 11.6 Å². The quantitative estimate of drug-likeness (QED) is 0.698. The fourth-order valence-corrected chi connectivity index (χ4v) is 2.78. The third-order valence-corrected chi connectivity index (χ3v) is 4.18. The number of aryl methyl sites for hydroxylation is 1. The molecule has 1 N–H and O–H groups in total. The van der Waals surface area contributed by atoms with E-state index in [1.807, 2.05) is 28.8 Å². The molecular weight excluding hydrogens is 345 g/mol. The lowest BCUT2D eigenvalue weighted by molar-refractivity contribution is 0.171. The number of imidazole rings is 1. The number of rotatable bonds is 7. The van der Waals surface area contributed by atoms with Gasteiger partial charge in [-0.25, -0.2) is 9.37 Å². The van der Waals surface area contributed by atoms with Crippen LogP contribution in [0.5, 0.6) is 0 Å². The summed E-state index contributed by atoms with van der Waals surface area (Å²) in [7, 11) is 1.92. The van der Waals surface area contributed by atoms with Gasteiger partial charge < -0.3 is 14.1 Å². The van der Waals surface area contributed by atoms with Gasteiger partial charge >= 0.3 is 0 Å². The summed E-state index contributed by atoms with van der Waals surface area (Å²) in [4.78, 5) is 6.32. The summed E-state index contributed by atoms with van der Waals surface area (Å²) in [6.45, 7) is 1.58. The summed E-state index contributed by atoms with van der Waals surface area (Å²) in [6, 6.07) is 8.03. The van der Waals surface area contributed by atoms with Crippen molar-refractivity contribution in [2.45, 2.75) is 13.1 Å². The molecule has 0 radical (unpaired) electrons. The molecule has 0 atom stereocenters. The molecule has 2 aromatic heterocycles. The topological polar surface area (TPSA) is 54.4 Å². The molecule has 5 nitrogen and oxygen atoms in total. The van der Waals surface area contributed by atoms with Crippen molar-refractivity contribution < 1.29 is 13.9 Å². The number of furan rings is 1. The normalized spacial score (nSPS) is 11.4. The molecule has 0 unspecified atom stereocenters. The largest absolute Gasteiger partial charge is 0.460 e. The molecule has 0 fully saturated rings. The zero-order chi connectivity index (χ0) is 17.8. The summed E-state index contributed by atoms with van der Waals surface area (Å²) in [6.07, 6.45) is 3.61. The predicted molar refractivity (Wildman–Crippen MR) is 93.5 cm³/mol. The molecule has 25 heavy (non-hydrogen) atoms. The van der Waals surface area contributed by atoms with Gasteiger partial charge in [-0.15, -0.1) is 0 Å². The maximum Gasteiger partial charge on any atom is 0.137 e. The smallest absolute Gasteiger partial charge is 0.137 e. The third-order valence-electron chi connectivity index (χ3n) is 3.94. The lowest BCUT2D eigenvalue weighted by atomic mass is 10.1. The first kappa shape index (κ1) is 17.7. The highest BCUT2D eigenvalue weighted by atomic mass is 35.5. The van der Waals surface area contributed by atoms with Gasteiger partial charge in [0.15, 0.2) is 0 Å². The van der Waals surface area contributed by atoms with Crippen molar-refractivity contribution in [1.29, 1.82) is 0 Å². The van der Waals surface area contributed by atoms with Crippen molar-refractivity contribution in [3.8, 4) is 11.3 Å². The van der Waals surface area contributed by atoms with Gasteiger partial charge in [0, 0.05) is 31.0 Å². The minimum atomic E-state index is -0.423. The number of hydrogen-bond acceptors (Lipinski definition) is 4. The van der Waals surface area contributed by atoms with E-state index in [2.05, 4.69) is 4.98 Å². The highest BCUT2D eigenvalue weighted by molar-refractivity contribution is 6.30. The van der Waals surface area contributed by atoms with Crippen LogP contribution in [0.2, 0.25) is 5.02 Å². The van der Waals surface area contributed by atoms with E-state index >= 15 is 0 Å². The number of benzene rings is 1. The SMILES string of the molecule is Cn1ccnc1CN(CCO)Cc1ccc(-c2ccc(Cl)cc2F)o1. The average Bonchev–Trinajstić information content (AvgIpc) is 3.17. The lowest BCUT2D eigenvalue weighted by Crippen LogP contribution is -2.27. The standard InChI is InChI=1S/C18H19ClFN3O2/c1-22-7-6-21-18(22)12-23(8-9-24)11-14-3-5-17(25-14)15-4-2-13(19)10-16(15)20/h2-7,10,24H,8-9,11-12H2,1H3. The van der Waals surface area contributed by atoms with Crippen molar-refractivity contribution in [3.05, 3.63) is 65.2 Å². The first-order valence-corrected chi connectivity index (χ1v) is 8.28. The molecule has 3 rings (SSSR count). The van der Waals surface area contributed by atoms with Crippen LogP contribution in [0.4, 0.5) is 4.39 Å². The number of aliphatic hydroxyl groups excluding tert-OH is 1. The Labute approximate surface area is 150 Å². The number of nitrogens with zero attached hydrogens (tertiary/aromatic N) is 3. The highest BCUT2D eigenvalue weighted by Gasteiger charge is 2.14. The Hall–Kier alpha value is -2.15. The molecule has 0 bridgehead atoms. The van der Waals surface area contributed by atoms with E-state index in [0.29, 0.717) is 41.7 Å². The van der Waals surface area contributed by atoms with Gasteiger partial charge in [-0.2, -0.15) is 0 Å². The summed E-state index contributed by atoms with van der Waals surface area (Å²) in [5, 5.41) is 9.64. The molecule has 0 saturated carbocycles. The summed E-state index contributed by atoms with van der Waals surface area (Å²) < 4.78 is 21.7. The maximum atomic E-state index is 14.0. The van der Waals surface area contributed by atoms with Crippen LogP contribution in [0.15, 0.2) is 47.1 Å². The van der Waals surface area contributed by atoms with Crippen molar-refractivity contribution in [3.63, 3.8) is 0 Å². The van der Waals surface area contributed by atoms with Gasteiger partial charge in [0.05, 0.1) is 25.3 Å². The Morgan fingerprint density at radius 3 is 2.80 bits per heavy atom. The Morgan fingerprint density at radius 1 is 1.28 bits per heavy atom. The molecular formula is C18H19ClFN3O2. The van der Waals surface area contributed by atoms with Crippen LogP contribution in [0, 0.1) is 5.82 Å². The van der Waals surface area contributed by atoms with E-state index in [0.717, 1.165) is 5.82 Å². The van der Waals surface area contributed by atoms with Crippen LogP contribution in [0.1, 0.15) is 11.6 Å². The predicted octanol–water partition coefficient (Wildman–Crippen LogP) is 3.47. The molecule has 0 aliphatic carbocycles. The first-order valence-electron chi connectivity index (χ1n) is 7.90. The molecule has 0 spiro atoms. The zero-order valence-corrected chi connectivity index (χ0v) is 14.6. The number of halogens is 2. The van der Waals surface area contributed by atoms with E-state index in [9.17, 15) is 9.50 Å². The van der Waals surface area contributed by atoms with Crippen LogP contribution in [0.25, 0.3) is 11.3 Å². The second-order valence-electron chi connectivity index (χ2n) is 5.78. The van der Waals surface area contributed by atoms with Crippen LogP contribution < -0.4 is 0 Å². The molecule has 2 heterocycles. The van der Waals surface area contributed by atoms with Crippen molar-refractivity contribution in [2.24, 2.45) is 7.05 Å². The van der Waals surface area contributed by atoms with Crippen molar-refractivity contribution >= 4 is 11.6 Å². The van der Waals surface area contributed by atoms with Gasteiger partial charge in [0.2, 0.25) is 0 Å². The lowest BCUT2D eigenvalue weighted by Gasteiger charge is -2.19. The summed E-state index contributed by atoms with van der Waals surface area (Å²) in [5.41, 5.74) is 0.369. The fraction of sp³-hybridized carbons (Fsp3) is 0.278. The molecule has 7 heteroatoms. The van der Waals surface area contributed by atoms with Crippen LogP contribution in [0.3, 0.4) is 0 Å². The number of hydrogen-bond donors (Lipinski definition) is 1. The summed E-state index contributed by atoms with van der Waals surface area (Å²) >= 11 is 5.78. The monoisotopic (exact) mass is 363 g/mol. The van der Waals surface area contributed by atoms with Gasteiger partial charge in [0.25, 0.3) is 0 Å². The van der Waals surface area contributed by atoms with Crippen molar-refractivity contribution in [2.75, 3.05) is 13.2 Å². The van der Waals surface area contributed by atoms with E-state index in [1.54, 1.807) is 24.4 Å². The van der Waals surface area contributed by atoms with E-state index in [1.165, 1.54) is 6.07 Å². The Balaban J connectivity index is 1.75. The number of aliphatic hydroxyl groups is 1. The molecule has 3 aromatic rings. The van der Waals surface area contributed by atoms with E-state index in [-0.39, 0.29) is 6.61 Å². The molecule has 0 saturated heterocycles. The minimum Gasteiger partial charge on any atom is -0.460 e. The van der Waals surface area contributed by atoms with Gasteiger partial charge in [-0.1, -0.05) is 11.6 Å². The molecule has 0 amide bonds. The minimum absolute atomic E-state index is 0.0315. The second-order valence-corrected chi connectivity index (χ2v) is 6.22. The van der Waals surface area contributed by atoms with E-state index < -0.39 is 5.82 Å². The van der Waals surface area contributed by atoms with Gasteiger partial charge in [0.1, 0.15) is 23.2 Å². The maximum absolute atomic E-state index is 14.0. The van der Waals surface area contributed by atoms with Crippen LogP contribution in [-0.4, -0.2) is 32.7 Å². The van der Waals surface area contributed by atoms with E-state index in [4.69, 9.17) is 16.0 Å². The third kappa shape index (κ3) is 4.28. The summed E-state index contributed by atoms with van der Waals surface area (Å²) in [5.74, 6) is 1.61. The molecule has 0 aliphatic rings. The first-order chi connectivity index (χ1) is 12.1. The van der Waals surface area contributed by atoms with Gasteiger partial charge in [-0.3, -0.25) is 4.90 Å². The fourth-order valence-electron chi connectivity index (χ4n) is 2.62. The molecule has 0 aliphatic heterocycles.